The Morgan fingerprint density at radius 1 is 0.889 bits per heavy atom. The molecular weight excluding hydrogens is 356 g/mol. The highest BCUT2D eigenvalue weighted by atomic mass is 32.2. The van der Waals surface area contributed by atoms with Crippen LogP contribution in [0, 0.1) is 0 Å². The van der Waals surface area contributed by atoms with E-state index in [-0.39, 0.29) is 11.1 Å². The number of rotatable bonds is 12. The van der Waals surface area contributed by atoms with Gasteiger partial charge in [-0.05, 0) is 48.4 Å². The molecule has 0 aliphatic carbocycles. The fourth-order valence-corrected chi connectivity index (χ4v) is 3.86. The quantitative estimate of drug-likeness (QED) is 0.353. The van der Waals surface area contributed by atoms with Crippen molar-refractivity contribution in [3.8, 4) is 0 Å². The number of carbonyl (C=O) groups excluding carboxylic acids is 2. The van der Waals surface area contributed by atoms with Crippen molar-refractivity contribution in [2.24, 2.45) is 0 Å². The first-order valence-electron chi connectivity index (χ1n) is 10.2. The van der Waals surface area contributed by atoms with Crippen molar-refractivity contribution >= 4 is 34.7 Å². The minimum absolute atomic E-state index is 0.298. The molecule has 1 fully saturated rings. The Kier molecular flexibility index (Phi) is 9.46. The fraction of sp³-hybridized carbons (Fsp3) is 0.545. The monoisotopic (exact) mass is 388 g/mol. The predicted octanol–water partition coefficient (Wildman–Crippen LogP) is 5.98. The van der Waals surface area contributed by atoms with Crippen molar-refractivity contribution in [3.63, 3.8) is 0 Å². The van der Waals surface area contributed by atoms with Crippen LogP contribution < -0.4 is 10.2 Å². The Morgan fingerprint density at radius 3 is 1.96 bits per heavy atom. The van der Waals surface area contributed by atoms with Crippen LogP contribution in [-0.4, -0.2) is 24.2 Å². The van der Waals surface area contributed by atoms with E-state index in [9.17, 15) is 9.59 Å². The van der Waals surface area contributed by atoms with Crippen LogP contribution in [-0.2, 0) is 4.79 Å². The normalized spacial score (nSPS) is 15.4. The van der Waals surface area contributed by atoms with Gasteiger partial charge in [0.2, 0.25) is 0 Å². The number of nitrogens with zero attached hydrogens (tertiary/aromatic N) is 1. The number of unbranched alkanes of at least 4 members (excludes halogenated alkanes) is 6. The largest absolute Gasteiger partial charge is 0.372 e. The Hall–Kier alpha value is -1.75. The number of nitrogens with one attached hydrogen (secondary N) is 1. The first-order valence-corrected chi connectivity index (χ1v) is 11.1. The van der Waals surface area contributed by atoms with Gasteiger partial charge in [-0.1, -0.05) is 64.5 Å². The average Bonchev–Trinajstić information content (AvgIpc) is 2.98. The number of carbonyl (C=O) groups is 2. The standard InChI is InChI=1S/C22H32N2O2S/c1-3-5-7-9-15-24(16-10-8-6-4-2)19-13-11-18(12-14-19)17-20-21(25)23-22(26)27-20/h11-14,17H,3-10,15-16H2,1-2H3,(H,23,25,26)/b20-17+. The van der Waals surface area contributed by atoms with E-state index in [0.717, 1.165) is 30.4 Å². The van der Waals surface area contributed by atoms with Gasteiger partial charge in [0.1, 0.15) is 0 Å². The summed E-state index contributed by atoms with van der Waals surface area (Å²) < 4.78 is 0. The maximum Gasteiger partial charge on any atom is 0.290 e. The zero-order valence-corrected chi connectivity index (χ0v) is 17.4. The lowest BCUT2D eigenvalue weighted by atomic mass is 10.1. The zero-order chi connectivity index (χ0) is 19.5. The van der Waals surface area contributed by atoms with Crippen molar-refractivity contribution < 1.29 is 9.59 Å². The molecule has 2 rings (SSSR count). The summed E-state index contributed by atoms with van der Waals surface area (Å²) in [6, 6.07) is 8.32. The molecule has 1 N–H and O–H groups in total. The second-order valence-electron chi connectivity index (χ2n) is 7.05. The van der Waals surface area contributed by atoms with Crippen LogP contribution in [0.25, 0.3) is 6.08 Å². The number of hydrogen-bond acceptors (Lipinski definition) is 4. The average molecular weight is 389 g/mol. The van der Waals surface area contributed by atoms with E-state index in [2.05, 4.69) is 36.2 Å². The number of thioether (sulfide) groups is 1. The molecule has 0 bridgehead atoms. The first kappa shape index (κ1) is 21.5. The van der Waals surface area contributed by atoms with Gasteiger partial charge in [-0.25, -0.2) is 0 Å². The van der Waals surface area contributed by atoms with Gasteiger partial charge in [0.25, 0.3) is 11.1 Å². The van der Waals surface area contributed by atoms with Crippen LogP contribution in [0.5, 0.6) is 0 Å². The van der Waals surface area contributed by atoms with Gasteiger partial charge < -0.3 is 4.90 Å². The van der Waals surface area contributed by atoms with Crippen molar-refractivity contribution in [3.05, 3.63) is 34.7 Å². The molecule has 0 saturated carbocycles. The van der Waals surface area contributed by atoms with Crippen LogP contribution in [0.15, 0.2) is 29.2 Å². The molecule has 2 amide bonds. The second kappa shape index (κ2) is 11.9. The molecule has 0 radical (unpaired) electrons. The van der Waals surface area contributed by atoms with Crippen molar-refractivity contribution in [1.82, 2.24) is 5.32 Å². The molecule has 1 aromatic carbocycles. The van der Waals surface area contributed by atoms with E-state index in [4.69, 9.17) is 0 Å². The minimum Gasteiger partial charge on any atom is -0.372 e. The highest BCUT2D eigenvalue weighted by Gasteiger charge is 2.24. The zero-order valence-electron chi connectivity index (χ0n) is 16.6. The third kappa shape index (κ3) is 7.41. The van der Waals surface area contributed by atoms with Gasteiger partial charge in [-0.15, -0.1) is 0 Å². The summed E-state index contributed by atoms with van der Waals surface area (Å²) in [5.74, 6) is -0.303. The van der Waals surface area contributed by atoms with Crippen LogP contribution in [0.2, 0.25) is 0 Å². The van der Waals surface area contributed by atoms with Crippen LogP contribution in [0.1, 0.15) is 70.8 Å². The third-order valence-electron chi connectivity index (χ3n) is 4.76. The van der Waals surface area contributed by atoms with E-state index < -0.39 is 0 Å². The molecule has 1 aliphatic heterocycles. The number of amides is 2. The molecule has 27 heavy (non-hydrogen) atoms. The lowest BCUT2D eigenvalue weighted by Gasteiger charge is -2.25. The molecular formula is C22H32N2O2S. The lowest BCUT2D eigenvalue weighted by Crippen LogP contribution is -2.25. The molecule has 1 aromatic rings. The minimum atomic E-state index is -0.303. The Morgan fingerprint density at radius 2 is 1.48 bits per heavy atom. The van der Waals surface area contributed by atoms with Crippen molar-refractivity contribution in [2.75, 3.05) is 18.0 Å². The lowest BCUT2D eigenvalue weighted by molar-refractivity contribution is -0.115. The van der Waals surface area contributed by atoms with E-state index in [1.165, 1.54) is 57.1 Å². The molecule has 1 saturated heterocycles. The maximum absolute atomic E-state index is 11.7. The van der Waals surface area contributed by atoms with Crippen LogP contribution in [0.4, 0.5) is 10.5 Å². The molecule has 1 aliphatic rings. The van der Waals surface area contributed by atoms with E-state index in [1.807, 2.05) is 12.1 Å². The summed E-state index contributed by atoms with van der Waals surface area (Å²) in [5, 5.41) is 1.99. The third-order valence-corrected chi connectivity index (χ3v) is 5.57. The second-order valence-corrected chi connectivity index (χ2v) is 8.07. The van der Waals surface area contributed by atoms with Gasteiger partial charge in [0, 0.05) is 18.8 Å². The Balaban J connectivity index is 1.99. The number of imide groups is 1. The first-order chi connectivity index (χ1) is 13.1. The topological polar surface area (TPSA) is 49.4 Å². The van der Waals surface area contributed by atoms with Gasteiger partial charge in [0.05, 0.1) is 4.91 Å². The summed E-state index contributed by atoms with van der Waals surface area (Å²) in [4.78, 5) is 25.9. The molecule has 1 heterocycles. The summed E-state index contributed by atoms with van der Waals surface area (Å²) in [5.41, 5.74) is 2.19. The van der Waals surface area contributed by atoms with E-state index >= 15 is 0 Å². The highest BCUT2D eigenvalue weighted by molar-refractivity contribution is 8.18. The summed E-state index contributed by atoms with van der Waals surface area (Å²) in [6.07, 6.45) is 11.9. The molecule has 5 heteroatoms. The van der Waals surface area contributed by atoms with Crippen LogP contribution >= 0.6 is 11.8 Å². The maximum atomic E-state index is 11.7. The molecule has 0 atom stereocenters. The molecule has 4 nitrogen and oxygen atoms in total. The van der Waals surface area contributed by atoms with Gasteiger partial charge >= 0.3 is 0 Å². The molecule has 148 valence electrons. The summed E-state index contributed by atoms with van der Waals surface area (Å²) in [7, 11) is 0. The van der Waals surface area contributed by atoms with E-state index in [0.29, 0.717) is 4.91 Å². The van der Waals surface area contributed by atoms with Gasteiger partial charge in [0.15, 0.2) is 0 Å². The Bertz CT molecular complexity index is 628. The fourth-order valence-electron chi connectivity index (χ4n) is 3.18. The SMILES string of the molecule is CCCCCCN(CCCCCC)c1ccc(/C=C2/SC(=O)NC2=O)cc1. The predicted molar refractivity (Wildman–Crippen MR) is 116 cm³/mol. The summed E-state index contributed by atoms with van der Waals surface area (Å²) >= 11 is 0.962. The molecule has 0 unspecified atom stereocenters. The van der Waals surface area contributed by atoms with Gasteiger partial charge in [-0.2, -0.15) is 0 Å². The molecule has 0 aromatic heterocycles. The van der Waals surface area contributed by atoms with E-state index in [1.54, 1.807) is 6.08 Å². The molecule has 0 spiro atoms. The van der Waals surface area contributed by atoms with Gasteiger partial charge in [-0.3, -0.25) is 14.9 Å². The number of anilines is 1. The highest BCUT2D eigenvalue weighted by Crippen LogP contribution is 2.26. The van der Waals surface area contributed by atoms with Crippen molar-refractivity contribution in [1.29, 1.82) is 0 Å². The summed E-state index contributed by atoms with van der Waals surface area (Å²) in [6.45, 7) is 6.68. The smallest absolute Gasteiger partial charge is 0.290 e. The van der Waals surface area contributed by atoms with Crippen molar-refractivity contribution in [2.45, 2.75) is 65.2 Å². The Labute approximate surface area is 167 Å². The number of hydrogen-bond donors (Lipinski definition) is 1. The van der Waals surface area contributed by atoms with Crippen LogP contribution in [0.3, 0.4) is 0 Å². The number of benzene rings is 1.